The van der Waals surface area contributed by atoms with Crippen LogP contribution in [0, 0.1) is 5.92 Å². The van der Waals surface area contributed by atoms with E-state index in [2.05, 4.69) is 5.32 Å². The highest BCUT2D eigenvalue weighted by atomic mass is 16.3. The average Bonchev–Trinajstić information content (AvgIpc) is 2.96. The second-order valence-corrected chi connectivity index (χ2v) is 4.37. The van der Waals surface area contributed by atoms with Crippen LogP contribution in [-0.4, -0.2) is 18.5 Å². The number of carbonyl (C=O) groups excluding carboxylic acids is 1. The zero-order valence-corrected chi connectivity index (χ0v) is 9.32. The molecular weight excluding hydrogens is 204 g/mol. The van der Waals surface area contributed by atoms with Crippen molar-refractivity contribution < 1.29 is 9.21 Å². The molecule has 1 saturated carbocycles. The maximum atomic E-state index is 11.8. The zero-order valence-electron chi connectivity index (χ0n) is 9.32. The van der Waals surface area contributed by atoms with Gasteiger partial charge in [0.1, 0.15) is 6.26 Å². The fourth-order valence-electron chi connectivity index (χ4n) is 2.37. The molecule has 2 rings (SSSR count). The van der Waals surface area contributed by atoms with Crippen molar-refractivity contribution in [2.24, 2.45) is 11.7 Å². The Balaban J connectivity index is 1.93. The van der Waals surface area contributed by atoms with E-state index in [4.69, 9.17) is 10.2 Å². The number of furan rings is 1. The fraction of sp³-hybridized carbons (Fsp3) is 0.583. The SMILES string of the molecule is NCC(NC(=O)c1ccoc1)C1CCCC1. The molecule has 0 aromatic carbocycles. The molecule has 0 bridgehead atoms. The number of nitrogens with one attached hydrogen (secondary N) is 1. The standard InChI is InChI=1S/C12H18N2O2/c13-7-11(9-3-1-2-4-9)14-12(15)10-5-6-16-8-10/h5-6,8-9,11H,1-4,7,13H2,(H,14,15). The number of carbonyl (C=O) groups is 1. The first-order valence-electron chi connectivity index (χ1n) is 5.84. The van der Waals surface area contributed by atoms with Crippen LogP contribution in [0.2, 0.25) is 0 Å². The average molecular weight is 222 g/mol. The van der Waals surface area contributed by atoms with E-state index in [0.29, 0.717) is 18.0 Å². The molecule has 1 amide bonds. The van der Waals surface area contributed by atoms with E-state index in [9.17, 15) is 4.79 Å². The molecule has 4 heteroatoms. The molecule has 1 unspecified atom stereocenters. The van der Waals surface area contributed by atoms with Crippen LogP contribution >= 0.6 is 0 Å². The Hall–Kier alpha value is -1.29. The van der Waals surface area contributed by atoms with E-state index in [0.717, 1.165) is 0 Å². The summed E-state index contributed by atoms with van der Waals surface area (Å²) in [4.78, 5) is 11.8. The van der Waals surface area contributed by atoms with Crippen LogP contribution in [0.5, 0.6) is 0 Å². The van der Waals surface area contributed by atoms with Crippen LogP contribution in [-0.2, 0) is 0 Å². The van der Waals surface area contributed by atoms with E-state index in [1.54, 1.807) is 6.07 Å². The predicted octanol–water partition coefficient (Wildman–Crippen LogP) is 1.53. The van der Waals surface area contributed by atoms with Gasteiger partial charge in [-0.15, -0.1) is 0 Å². The third-order valence-electron chi connectivity index (χ3n) is 3.32. The smallest absolute Gasteiger partial charge is 0.254 e. The van der Waals surface area contributed by atoms with Crippen LogP contribution < -0.4 is 11.1 Å². The molecule has 1 aromatic rings. The summed E-state index contributed by atoms with van der Waals surface area (Å²) < 4.78 is 4.88. The molecule has 3 N–H and O–H groups in total. The summed E-state index contributed by atoms with van der Waals surface area (Å²) >= 11 is 0. The zero-order chi connectivity index (χ0) is 11.4. The van der Waals surface area contributed by atoms with Crippen LogP contribution in [0.15, 0.2) is 23.0 Å². The molecule has 1 fully saturated rings. The largest absolute Gasteiger partial charge is 0.472 e. The molecule has 88 valence electrons. The molecule has 1 aliphatic carbocycles. The van der Waals surface area contributed by atoms with Gasteiger partial charge in [-0.25, -0.2) is 0 Å². The summed E-state index contributed by atoms with van der Waals surface area (Å²) in [6, 6.07) is 1.77. The number of rotatable bonds is 4. The lowest BCUT2D eigenvalue weighted by Crippen LogP contribution is -2.44. The monoisotopic (exact) mass is 222 g/mol. The number of amides is 1. The maximum Gasteiger partial charge on any atom is 0.254 e. The Labute approximate surface area is 95.2 Å². The molecule has 1 heterocycles. The summed E-state index contributed by atoms with van der Waals surface area (Å²) in [5.41, 5.74) is 6.28. The van der Waals surface area contributed by atoms with E-state index in [1.165, 1.54) is 38.2 Å². The van der Waals surface area contributed by atoms with Gasteiger partial charge in [0.2, 0.25) is 0 Å². The normalized spacial score (nSPS) is 18.6. The Morgan fingerprint density at radius 2 is 2.31 bits per heavy atom. The topological polar surface area (TPSA) is 68.3 Å². The molecule has 0 radical (unpaired) electrons. The minimum Gasteiger partial charge on any atom is -0.472 e. The number of hydrogen-bond acceptors (Lipinski definition) is 3. The molecular formula is C12H18N2O2. The van der Waals surface area contributed by atoms with Gasteiger partial charge in [-0.3, -0.25) is 4.79 Å². The van der Waals surface area contributed by atoms with E-state index >= 15 is 0 Å². The third-order valence-corrected chi connectivity index (χ3v) is 3.32. The number of hydrogen-bond donors (Lipinski definition) is 2. The van der Waals surface area contributed by atoms with Crippen LogP contribution in [0.1, 0.15) is 36.0 Å². The van der Waals surface area contributed by atoms with Crippen molar-refractivity contribution in [3.8, 4) is 0 Å². The summed E-state index contributed by atoms with van der Waals surface area (Å²) in [5.74, 6) is 0.456. The van der Waals surface area contributed by atoms with E-state index < -0.39 is 0 Å². The fourth-order valence-corrected chi connectivity index (χ4v) is 2.37. The first-order valence-corrected chi connectivity index (χ1v) is 5.84. The lowest BCUT2D eigenvalue weighted by Gasteiger charge is -2.22. The minimum atomic E-state index is -0.0869. The maximum absolute atomic E-state index is 11.8. The Bertz CT molecular complexity index is 329. The summed E-state index contributed by atoms with van der Waals surface area (Å²) in [5, 5.41) is 2.99. The highest BCUT2D eigenvalue weighted by Crippen LogP contribution is 2.27. The van der Waals surface area contributed by atoms with Crippen molar-refractivity contribution in [3.05, 3.63) is 24.2 Å². The highest BCUT2D eigenvalue weighted by Gasteiger charge is 2.25. The van der Waals surface area contributed by atoms with Gasteiger partial charge >= 0.3 is 0 Å². The van der Waals surface area contributed by atoms with Gasteiger partial charge < -0.3 is 15.5 Å². The second-order valence-electron chi connectivity index (χ2n) is 4.37. The van der Waals surface area contributed by atoms with Crippen molar-refractivity contribution in [1.82, 2.24) is 5.32 Å². The van der Waals surface area contributed by atoms with Crippen LogP contribution in [0.25, 0.3) is 0 Å². The first kappa shape index (κ1) is 11.2. The molecule has 1 aliphatic rings. The quantitative estimate of drug-likeness (QED) is 0.811. The minimum absolute atomic E-state index is 0.0869. The van der Waals surface area contributed by atoms with Crippen LogP contribution in [0.4, 0.5) is 0 Å². The van der Waals surface area contributed by atoms with Gasteiger partial charge in [0.05, 0.1) is 11.8 Å². The molecule has 0 saturated heterocycles. The first-order chi connectivity index (χ1) is 7.81. The summed E-state index contributed by atoms with van der Waals surface area (Å²) in [6.45, 7) is 0.508. The summed E-state index contributed by atoms with van der Waals surface area (Å²) in [7, 11) is 0. The molecule has 1 aromatic heterocycles. The Morgan fingerprint density at radius 3 is 2.88 bits per heavy atom. The van der Waals surface area contributed by atoms with Gasteiger partial charge in [0, 0.05) is 12.6 Å². The van der Waals surface area contributed by atoms with Gasteiger partial charge in [0.25, 0.3) is 5.91 Å². The summed E-state index contributed by atoms with van der Waals surface area (Å²) in [6.07, 6.45) is 7.81. The highest BCUT2D eigenvalue weighted by molar-refractivity contribution is 5.93. The van der Waals surface area contributed by atoms with Crippen molar-refractivity contribution in [3.63, 3.8) is 0 Å². The molecule has 16 heavy (non-hydrogen) atoms. The van der Waals surface area contributed by atoms with E-state index in [-0.39, 0.29) is 11.9 Å². The van der Waals surface area contributed by atoms with E-state index in [1.807, 2.05) is 0 Å². The molecule has 4 nitrogen and oxygen atoms in total. The Kier molecular flexibility index (Phi) is 3.62. The third kappa shape index (κ3) is 2.44. The van der Waals surface area contributed by atoms with Gasteiger partial charge in [-0.2, -0.15) is 0 Å². The van der Waals surface area contributed by atoms with Crippen molar-refractivity contribution in [2.75, 3.05) is 6.54 Å². The molecule has 0 aliphatic heterocycles. The lowest BCUT2D eigenvalue weighted by molar-refractivity contribution is 0.0923. The van der Waals surface area contributed by atoms with Gasteiger partial charge in [-0.05, 0) is 24.8 Å². The lowest BCUT2D eigenvalue weighted by atomic mass is 9.98. The predicted molar refractivity (Wildman–Crippen MR) is 61.0 cm³/mol. The van der Waals surface area contributed by atoms with Crippen molar-refractivity contribution in [1.29, 1.82) is 0 Å². The molecule has 0 spiro atoms. The van der Waals surface area contributed by atoms with Crippen LogP contribution in [0.3, 0.4) is 0 Å². The van der Waals surface area contributed by atoms with Crippen molar-refractivity contribution >= 4 is 5.91 Å². The van der Waals surface area contributed by atoms with Gasteiger partial charge in [0.15, 0.2) is 0 Å². The molecule has 1 atom stereocenters. The van der Waals surface area contributed by atoms with Crippen molar-refractivity contribution in [2.45, 2.75) is 31.7 Å². The van der Waals surface area contributed by atoms with Gasteiger partial charge in [-0.1, -0.05) is 12.8 Å². The Morgan fingerprint density at radius 1 is 1.56 bits per heavy atom. The second kappa shape index (κ2) is 5.16. The number of nitrogens with two attached hydrogens (primary N) is 1.